The van der Waals surface area contributed by atoms with Crippen LogP contribution in [0.1, 0.15) is 24.4 Å². The summed E-state index contributed by atoms with van der Waals surface area (Å²) in [6.07, 6.45) is 0. The Morgan fingerprint density at radius 3 is 2.54 bits per heavy atom. The van der Waals surface area contributed by atoms with E-state index in [1.807, 2.05) is 49.2 Å². The molecule has 0 spiro atoms. The lowest BCUT2D eigenvalue weighted by Crippen LogP contribution is -2.24. The number of tetrazole rings is 1. The number of hydrogen-bond donors (Lipinski definition) is 0. The maximum atomic E-state index is 13.4. The van der Waals surface area contributed by atoms with Gasteiger partial charge in [0, 0.05) is 6.04 Å². The van der Waals surface area contributed by atoms with E-state index in [-0.39, 0.29) is 6.04 Å². The van der Waals surface area contributed by atoms with E-state index in [0.717, 1.165) is 11.8 Å². The van der Waals surface area contributed by atoms with Gasteiger partial charge in [-0.25, -0.2) is 8.78 Å². The molecule has 0 radical (unpaired) electrons. The maximum absolute atomic E-state index is 13.4. The largest absolute Gasteiger partial charge is 0.292 e. The van der Waals surface area contributed by atoms with E-state index in [9.17, 15) is 8.78 Å². The van der Waals surface area contributed by atoms with Crippen molar-refractivity contribution in [2.24, 2.45) is 0 Å². The van der Waals surface area contributed by atoms with Crippen molar-refractivity contribution in [3.63, 3.8) is 0 Å². The van der Waals surface area contributed by atoms with Crippen LogP contribution in [0.25, 0.3) is 5.69 Å². The molecule has 7 heteroatoms. The first kappa shape index (κ1) is 16.2. The minimum absolute atomic E-state index is 0.124. The van der Waals surface area contributed by atoms with Crippen LogP contribution in [0.2, 0.25) is 0 Å². The van der Waals surface area contributed by atoms with E-state index >= 15 is 0 Å². The second-order valence-corrected chi connectivity index (χ2v) is 5.61. The topological polar surface area (TPSA) is 46.8 Å². The van der Waals surface area contributed by atoms with E-state index in [2.05, 4.69) is 15.5 Å². The molecule has 0 aliphatic carbocycles. The van der Waals surface area contributed by atoms with E-state index in [1.165, 1.54) is 6.07 Å². The predicted molar refractivity (Wildman–Crippen MR) is 85.4 cm³/mol. The van der Waals surface area contributed by atoms with Crippen molar-refractivity contribution in [2.75, 3.05) is 7.05 Å². The summed E-state index contributed by atoms with van der Waals surface area (Å²) in [6.45, 7) is 2.38. The zero-order chi connectivity index (χ0) is 17.1. The Kier molecular flexibility index (Phi) is 4.61. The molecule has 1 unspecified atom stereocenters. The molecule has 0 aliphatic heterocycles. The first-order chi connectivity index (χ1) is 11.6. The molecule has 24 heavy (non-hydrogen) atoms. The highest BCUT2D eigenvalue weighted by Crippen LogP contribution is 2.22. The molecule has 124 valence electrons. The van der Waals surface area contributed by atoms with Crippen molar-refractivity contribution < 1.29 is 8.78 Å². The standard InChI is InChI=1S/C17H17F2N5/c1-12(13-8-9-15(18)16(19)10-13)23(2)11-17-20-21-22-24(17)14-6-4-3-5-7-14/h3-10,12H,11H2,1-2H3. The molecule has 0 fully saturated rings. The fraction of sp³-hybridized carbons (Fsp3) is 0.235. The smallest absolute Gasteiger partial charge is 0.170 e. The van der Waals surface area contributed by atoms with Crippen molar-refractivity contribution in [1.29, 1.82) is 0 Å². The second kappa shape index (κ2) is 6.84. The third kappa shape index (κ3) is 3.30. The Labute approximate surface area is 138 Å². The van der Waals surface area contributed by atoms with E-state index in [4.69, 9.17) is 0 Å². The van der Waals surface area contributed by atoms with Gasteiger partial charge in [-0.05, 0) is 54.2 Å². The van der Waals surface area contributed by atoms with Gasteiger partial charge in [0.15, 0.2) is 17.5 Å². The summed E-state index contributed by atoms with van der Waals surface area (Å²) in [5.74, 6) is -1.03. The van der Waals surface area contributed by atoms with Crippen LogP contribution in [-0.4, -0.2) is 32.2 Å². The molecule has 3 aromatic rings. The molecule has 0 amide bonds. The van der Waals surface area contributed by atoms with Crippen molar-refractivity contribution in [3.05, 3.63) is 71.6 Å². The number of para-hydroxylation sites is 1. The monoisotopic (exact) mass is 329 g/mol. The van der Waals surface area contributed by atoms with Gasteiger partial charge in [-0.15, -0.1) is 5.10 Å². The highest BCUT2D eigenvalue weighted by atomic mass is 19.2. The van der Waals surface area contributed by atoms with Crippen LogP contribution in [0.5, 0.6) is 0 Å². The van der Waals surface area contributed by atoms with Crippen LogP contribution >= 0.6 is 0 Å². The van der Waals surface area contributed by atoms with E-state index < -0.39 is 11.6 Å². The molecule has 0 bridgehead atoms. The molecule has 2 aromatic carbocycles. The number of nitrogens with zero attached hydrogens (tertiary/aromatic N) is 5. The van der Waals surface area contributed by atoms with Crippen LogP contribution in [-0.2, 0) is 6.54 Å². The second-order valence-electron chi connectivity index (χ2n) is 5.61. The Hall–Kier alpha value is -2.67. The van der Waals surface area contributed by atoms with Crippen molar-refractivity contribution in [3.8, 4) is 5.69 Å². The van der Waals surface area contributed by atoms with Gasteiger partial charge in [-0.3, -0.25) is 4.90 Å². The third-order valence-corrected chi connectivity index (χ3v) is 4.01. The molecule has 0 aliphatic rings. The molecule has 0 saturated carbocycles. The SMILES string of the molecule is CC(c1ccc(F)c(F)c1)N(C)Cc1nnnn1-c1ccccc1. The van der Waals surface area contributed by atoms with Gasteiger partial charge >= 0.3 is 0 Å². The Morgan fingerprint density at radius 1 is 1.08 bits per heavy atom. The molecule has 5 nitrogen and oxygen atoms in total. The molecule has 0 saturated heterocycles. The summed E-state index contributed by atoms with van der Waals surface area (Å²) in [5, 5.41) is 11.8. The fourth-order valence-corrected chi connectivity index (χ4v) is 2.46. The van der Waals surface area contributed by atoms with Gasteiger partial charge in [0.05, 0.1) is 12.2 Å². The lowest BCUT2D eigenvalue weighted by atomic mass is 10.1. The molecule has 3 rings (SSSR count). The van der Waals surface area contributed by atoms with Crippen LogP contribution in [0.15, 0.2) is 48.5 Å². The molecule has 1 heterocycles. The van der Waals surface area contributed by atoms with Crippen LogP contribution in [0.4, 0.5) is 8.78 Å². The number of rotatable bonds is 5. The summed E-state index contributed by atoms with van der Waals surface area (Å²) in [7, 11) is 1.88. The summed E-state index contributed by atoms with van der Waals surface area (Å²) in [6, 6.07) is 13.4. The van der Waals surface area contributed by atoms with Crippen LogP contribution < -0.4 is 0 Å². The van der Waals surface area contributed by atoms with Crippen LogP contribution in [0, 0.1) is 11.6 Å². The van der Waals surface area contributed by atoms with Gasteiger partial charge in [0.25, 0.3) is 0 Å². The summed E-state index contributed by atoms with van der Waals surface area (Å²) >= 11 is 0. The van der Waals surface area contributed by atoms with Gasteiger partial charge in [-0.1, -0.05) is 24.3 Å². The number of aromatic nitrogens is 4. The summed E-state index contributed by atoms with van der Waals surface area (Å²) in [4.78, 5) is 1.97. The Balaban J connectivity index is 1.79. The van der Waals surface area contributed by atoms with Crippen molar-refractivity contribution in [1.82, 2.24) is 25.1 Å². The zero-order valence-corrected chi connectivity index (χ0v) is 13.4. The fourth-order valence-electron chi connectivity index (χ4n) is 2.46. The van der Waals surface area contributed by atoms with Gasteiger partial charge < -0.3 is 0 Å². The minimum Gasteiger partial charge on any atom is -0.292 e. The first-order valence-electron chi connectivity index (χ1n) is 7.54. The number of hydrogen-bond acceptors (Lipinski definition) is 4. The molecule has 1 atom stereocenters. The zero-order valence-electron chi connectivity index (χ0n) is 13.4. The normalized spacial score (nSPS) is 12.5. The summed E-state index contributed by atoms with van der Waals surface area (Å²) in [5.41, 5.74) is 1.56. The van der Waals surface area contributed by atoms with Crippen LogP contribution in [0.3, 0.4) is 0 Å². The Morgan fingerprint density at radius 2 is 1.83 bits per heavy atom. The minimum atomic E-state index is -0.846. The van der Waals surface area contributed by atoms with Gasteiger partial charge in [0.1, 0.15) is 0 Å². The van der Waals surface area contributed by atoms with Gasteiger partial charge in [0.2, 0.25) is 0 Å². The number of benzene rings is 2. The average Bonchev–Trinajstić information content (AvgIpc) is 3.05. The van der Waals surface area contributed by atoms with Crippen molar-refractivity contribution in [2.45, 2.75) is 19.5 Å². The van der Waals surface area contributed by atoms with Crippen molar-refractivity contribution >= 4 is 0 Å². The highest BCUT2D eigenvalue weighted by Gasteiger charge is 2.17. The van der Waals surface area contributed by atoms with E-state index in [1.54, 1.807) is 10.7 Å². The molecule has 0 N–H and O–H groups in total. The lowest BCUT2D eigenvalue weighted by molar-refractivity contribution is 0.244. The maximum Gasteiger partial charge on any atom is 0.170 e. The summed E-state index contributed by atoms with van der Waals surface area (Å²) < 4.78 is 28.2. The number of halogens is 2. The predicted octanol–water partition coefficient (Wildman–Crippen LogP) is 3.13. The van der Waals surface area contributed by atoms with E-state index in [0.29, 0.717) is 17.9 Å². The Bertz CT molecular complexity index is 819. The highest BCUT2D eigenvalue weighted by molar-refractivity contribution is 5.30. The molecular formula is C17H17F2N5. The molecule has 1 aromatic heterocycles. The quantitative estimate of drug-likeness (QED) is 0.721. The first-order valence-corrected chi connectivity index (χ1v) is 7.54. The average molecular weight is 329 g/mol. The third-order valence-electron chi connectivity index (χ3n) is 4.01. The molecular weight excluding hydrogens is 312 g/mol. The van der Waals surface area contributed by atoms with Gasteiger partial charge in [-0.2, -0.15) is 4.68 Å². The lowest BCUT2D eigenvalue weighted by Gasteiger charge is -2.24.